The topological polar surface area (TPSA) is 48.3 Å². The monoisotopic (exact) mass is 321 g/mol. The summed E-state index contributed by atoms with van der Waals surface area (Å²) in [6.45, 7) is 2.52. The second kappa shape index (κ2) is 4.74. The van der Waals surface area contributed by atoms with E-state index in [1.807, 2.05) is 31.2 Å². The maximum Gasteiger partial charge on any atom is 0.419 e. The van der Waals surface area contributed by atoms with E-state index >= 15 is 0 Å². The highest BCUT2D eigenvalue weighted by Gasteiger charge is 2.14. The Kier molecular flexibility index (Phi) is 3.06. The lowest BCUT2D eigenvalue weighted by Gasteiger charge is -2.07. The number of aromatic nitrogens is 1. The maximum atomic E-state index is 11.6. The molecule has 0 fully saturated rings. The van der Waals surface area contributed by atoms with Gasteiger partial charge in [0.1, 0.15) is 0 Å². The molecule has 1 unspecified atom stereocenters. The van der Waals surface area contributed by atoms with E-state index in [4.69, 9.17) is 8.83 Å². The molecule has 3 aromatic rings. The lowest BCUT2D eigenvalue weighted by Crippen LogP contribution is -2.11. The highest BCUT2D eigenvalue weighted by atomic mass is 79.9. The van der Waals surface area contributed by atoms with Gasteiger partial charge in [-0.2, -0.15) is 0 Å². The molecule has 0 aliphatic rings. The fourth-order valence-corrected chi connectivity index (χ4v) is 2.70. The minimum Gasteiger partial charge on any atom is -0.472 e. The Hall–Kier alpha value is -1.75. The van der Waals surface area contributed by atoms with Crippen molar-refractivity contribution >= 4 is 27.0 Å². The van der Waals surface area contributed by atoms with Crippen molar-refractivity contribution in [2.45, 2.75) is 18.3 Å². The molecule has 0 bridgehead atoms. The van der Waals surface area contributed by atoms with Crippen LogP contribution < -0.4 is 5.76 Å². The van der Waals surface area contributed by atoms with Crippen LogP contribution in [0.3, 0.4) is 0 Å². The minimum atomic E-state index is -0.316. The molecule has 1 atom stereocenters. The van der Waals surface area contributed by atoms with Crippen molar-refractivity contribution in [1.29, 1.82) is 0 Å². The van der Waals surface area contributed by atoms with Gasteiger partial charge in [-0.15, -0.1) is 0 Å². The normalized spacial score (nSPS) is 12.9. The van der Waals surface area contributed by atoms with E-state index in [2.05, 4.69) is 15.9 Å². The quantitative estimate of drug-likeness (QED) is 0.691. The van der Waals surface area contributed by atoms with Crippen LogP contribution in [0.15, 0.2) is 50.4 Å². The Labute approximate surface area is 117 Å². The van der Waals surface area contributed by atoms with Crippen LogP contribution in [0, 0.1) is 0 Å². The van der Waals surface area contributed by atoms with Gasteiger partial charge >= 0.3 is 5.76 Å². The Morgan fingerprint density at radius 1 is 1.32 bits per heavy atom. The first-order valence-electron chi connectivity index (χ1n) is 6.00. The molecule has 19 heavy (non-hydrogen) atoms. The zero-order chi connectivity index (χ0) is 13.4. The zero-order valence-corrected chi connectivity index (χ0v) is 11.9. The molecular weight excluding hydrogens is 310 g/mol. The molecule has 0 spiro atoms. The van der Waals surface area contributed by atoms with Crippen LogP contribution in [0.4, 0.5) is 0 Å². The number of oxazole rings is 1. The summed E-state index contributed by atoms with van der Waals surface area (Å²) < 4.78 is 12.0. The Morgan fingerprint density at radius 2 is 2.16 bits per heavy atom. The largest absolute Gasteiger partial charge is 0.472 e. The standard InChI is InChI=1S/C14H12BrNO3/c1-2-16-11-4-3-9(7-12(11)19-14(16)17)13(15)10-5-6-18-8-10/h3-8,13H,2H2,1H3. The van der Waals surface area contributed by atoms with Gasteiger partial charge in [-0.25, -0.2) is 4.79 Å². The number of alkyl halides is 1. The van der Waals surface area contributed by atoms with E-state index in [0.717, 1.165) is 16.6 Å². The van der Waals surface area contributed by atoms with Crippen LogP contribution in [-0.2, 0) is 6.54 Å². The Balaban J connectivity index is 2.10. The van der Waals surface area contributed by atoms with E-state index < -0.39 is 0 Å². The highest BCUT2D eigenvalue weighted by Crippen LogP contribution is 2.32. The Bertz CT molecular complexity index is 755. The van der Waals surface area contributed by atoms with Crippen LogP contribution in [0.25, 0.3) is 11.1 Å². The maximum absolute atomic E-state index is 11.6. The minimum absolute atomic E-state index is 0.0194. The molecular formula is C14H12BrNO3. The molecule has 1 aromatic carbocycles. The first-order chi connectivity index (χ1) is 9.20. The molecule has 3 rings (SSSR count). The summed E-state index contributed by atoms with van der Waals surface area (Å²) in [6, 6.07) is 7.68. The third kappa shape index (κ3) is 2.04. The average molecular weight is 322 g/mol. The molecule has 0 N–H and O–H groups in total. The number of hydrogen-bond donors (Lipinski definition) is 0. The number of nitrogens with zero attached hydrogens (tertiary/aromatic N) is 1. The van der Waals surface area contributed by atoms with E-state index in [-0.39, 0.29) is 10.6 Å². The molecule has 98 valence electrons. The van der Waals surface area contributed by atoms with Crippen LogP contribution in [0.2, 0.25) is 0 Å². The van der Waals surface area contributed by atoms with Crippen molar-refractivity contribution in [3.05, 3.63) is 58.5 Å². The van der Waals surface area contributed by atoms with Crippen molar-refractivity contribution < 1.29 is 8.83 Å². The number of halogens is 1. The molecule has 0 amide bonds. The van der Waals surface area contributed by atoms with Gasteiger partial charge < -0.3 is 8.83 Å². The summed E-state index contributed by atoms with van der Waals surface area (Å²) in [4.78, 5) is 11.7. The summed E-state index contributed by atoms with van der Waals surface area (Å²) in [5.41, 5.74) is 3.47. The number of benzene rings is 1. The van der Waals surface area contributed by atoms with Crippen molar-refractivity contribution in [3.63, 3.8) is 0 Å². The van der Waals surface area contributed by atoms with Crippen LogP contribution in [0.5, 0.6) is 0 Å². The second-order valence-electron chi connectivity index (χ2n) is 4.26. The predicted octanol–water partition coefficient (Wildman–Crippen LogP) is 3.69. The number of rotatable bonds is 3. The van der Waals surface area contributed by atoms with E-state index in [1.165, 1.54) is 0 Å². The average Bonchev–Trinajstić information content (AvgIpc) is 3.03. The second-order valence-corrected chi connectivity index (χ2v) is 5.17. The van der Waals surface area contributed by atoms with Gasteiger partial charge in [0.05, 0.1) is 22.9 Å². The van der Waals surface area contributed by atoms with E-state index in [0.29, 0.717) is 12.1 Å². The van der Waals surface area contributed by atoms with Crippen LogP contribution in [-0.4, -0.2) is 4.57 Å². The summed E-state index contributed by atoms with van der Waals surface area (Å²) in [7, 11) is 0. The molecule has 0 aliphatic heterocycles. The summed E-state index contributed by atoms with van der Waals surface area (Å²) in [5.74, 6) is -0.316. The number of aryl methyl sites for hydroxylation is 1. The molecule has 2 aromatic heterocycles. The molecule has 2 heterocycles. The van der Waals surface area contributed by atoms with Gasteiger partial charge in [0.15, 0.2) is 5.58 Å². The highest BCUT2D eigenvalue weighted by molar-refractivity contribution is 9.09. The summed E-state index contributed by atoms with van der Waals surface area (Å²) in [5, 5.41) is 0. The van der Waals surface area contributed by atoms with Gasteiger partial charge in [-0.3, -0.25) is 4.57 Å². The molecule has 0 saturated heterocycles. The van der Waals surface area contributed by atoms with Crippen molar-refractivity contribution in [2.24, 2.45) is 0 Å². The third-order valence-electron chi connectivity index (χ3n) is 3.14. The fraction of sp³-hybridized carbons (Fsp3) is 0.214. The fourth-order valence-electron chi connectivity index (χ4n) is 2.15. The molecule has 0 aliphatic carbocycles. The van der Waals surface area contributed by atoms with Crippen molar-refractivity contribution in [3.8, 4) is 0 Å². The molecule has 0 saturated carbocycles. The van der Waals surface area contributed by atoms with Gasteiger partial charge in [0.2, 0.25) is 0 Å². The van der Waals surface area contributed by atoms with Crippen molar-refractivity contribution in [1.82, 2.24) is 4.57 Å². The lowest BCUT2D eigenvalue weighted by atomic mass is 10.1. The molecule has 4 nitrogen and oxygen atoms in total. The summed E-state index contributed by atoms with van der Waals surface area (Å²) >= 11 is 3.61. The number of fused-ring (bicyclic) bond motifs is 1. The first kappa shape index (κ1) is 12.3. The van der Waals surface area contributed by atoms with Crippen LogP contribution in [0.1, 0.15) is 22.9 Å². The van der Waals surface area contributed by atoms with Gasteiger partial charge in [0.25, 0.3) is 0 Å². The zero-order valence-electron chi connectivity index (χ0n) is 10.3. The lowest BCUT2D eigenvalue weighted by molar-refractivity contribution is 0.513. The Morgan fingerprint density at radius 3 is 2.84 bits per heavy atom. The number of hydrogen-bond acceptors (Lipinski definition) is 3. The number of furan rings is 1. The molecule has 5 heteroatoms. The predicted molar refractivity (Wildman–Crippen MR) is 75.6 cm³/mol. The third-order valence-corrected chi connectivity index (χ3v) is 4.19. The molecule has 0 radical (unpaired) electrons. The first-order valence-corrected chi connectivity index (χ1v) is 6.91. The van der Waals surface area contributed by atoms with E-state index in [9.17, 15) is 4.79 Å². The van der Waals surface area contributed by atoms with Gasteiger partial charge in [-0.05, 0) is 30.7 Å². The van der Waals surface area contributed by atoms with Crippen LogP contribution >= 0.6 is 15.9 Å². The van der Waals surface area contributed by atoms with Crippen molar-refractivity contribution in [2.75, 3.05) is 0 Å². The summed E-state index contributed by atoms with van der Waals surface area (Å²) in [6.07, 6.45) is 3.33. The van der Waals surface area contributed by atoms with E-state index in [1.54, 1.807) is 17.1 Å². The van der Waals surface area contributed by atoms with Gasteiger partial charge in [-0.1, -0.05) is 22.0 Å². The smallest absolute Gasteiger partial charge is 0.419 e. The SMILES string of the molecule is CCn1c(=O)oc2cc(C(Br)c3ccoc3)ccc21. The van der Waals surface area contributed by atoms with Gasteiger partial charge in [0, 0.05) is 12.1 Å².